The Labute approximate surface area is 205 Å². The van der Waals surface area contributed by atoms with Crippen molar-refractivity contribution in [3.8, 4) is 17.2 Å². The van der Waals surface area contributed by atoms with Crippen molar-refractivity contribution in [2.24, 2.45) is 0 Å². The predicted molar refractivity (Wildman–Crippen MR) is 135 cm³/mol. The number of hydrogen-bond acceptors (Lipinski definition) is 9. The van der Waals surface area contributed by atoms with Crippen molar-refractivity contribution in [1.29, 1.82) is 0 Å². The average molecular weight is 503 g/mol. The Morgan fingerprint density at radius 2 is 1.63 bits per heavy atom. The van der Waals surface area contributed by atoms with E-state index in [9.17, 15) is 8.42 Å². The molecule has 0 spiro atoms. The highest BCUT2D eigenvalue weighted by molar-refractivity contribution is 7.87. The Morgan fingerprint density at radius 3 is 2.26 bits per heavy atom. The fourth-order valence-corrected chi connectivity index (χ4v) is 4.08. The molecular weight excluding hydrogens is 472 g/mol. The summed E-state index contributed by atoms with van der Waals surface area (Å²) < 4.78 is 45.1. The molecule has 0 bridgehead atoms. The van der Waals surface area contributed by atoms with Crippen LogP contribution in [0.3, 0.4) is 0 Å². The topological polar surface area (TPSA) is 136 Å². The summed E-state index contributed by atoms with van der Waals surface area (Å²) in [4.78, 5) is 8.96. The van der Waals surface area contributed by atoms with E-state index in [1.165, 1.54) is 7.11 Å². The highest BCUT2D eigenvalue weighted by Crippen LogP contribution is 2.40. The van der Waals surface area contributed by atoms with Crippen LogP contribution in [0.1, 0.15) is 18.1 Å². The van der Waals surface area contributed by atoms with Crippen molar-refractivity contribution >= 4 is 33.4 Å². The maximum Gasteiger partial charge on any atom is 0.277 e. The van der Waals surface area contributed by atoms with E-state index < -0.39 is 10.2 Å². The third-order valence-corrected chi connectivity index (χ3v) is 6.14. The van der Waals surface area contributed by atoms with Crippen LogP contribution in [0.15, 0.2) is 42.6 Å². The van der Waals surface area contributed by atoms with Gasteiger partial charge in [0.05, 0.1) is 21.3 Å². The van der Waals surface area contributed by atoms with Crippen LogP contribution in [0.25, 0.3) is 0 Å². The van der Waals surface area contributed by atoms with Gasteiger partial charge in [0.15, 0.2) is 11.5 Å². The largest absolute Gasteiger partial charge is 0.493 e. The third kappa shape index (κ3) is 6.72. The van der Waals surface area contributed by atoms with E-state index in [1.807, 2.05) is 31.2 Å². The Bertz CT molecular complexity index is 1240. The monoisotopic (exact) mass is 502 g/mol. The zero-order chi connectivity index (χ0) is 25.4. The summed E-state index contributed by atoms with van der Waals surface area (Å²) in [6.45, 7) is 4.01. The second-order valence-electron chi connectivity index (χ2n) is 7.37. The number of nitrogens with zero attached hydrogens (tertiary/aromatic N) is 2. The fourth-order valence-electron chi connectivity index (χ4n) is 3.25. The molecule has 2 aromatic carbocycles. The number of para-hydroxylation sites is 1. The lowest BCUT2D eigenvalue weighted by Crippen LogP contribution is -2.35. The number of aromatic nitrogens is 2. The van der Waals surface area contributed by atoms with Gasteiger partial charge in [-0.05, 0) is 18.6 Å². The first-order valence-electron chi connectivity index (χ1n) is 10.8. The lowest BCUT2D eigenvalue weighted by atomic mass is 10.1. The van der Waals surface area contributed by atoms with Gasteiger partial charge in [-0.1, -0.05) is 25.1 Å². The smallest absolute Gasteiger partial charge is 0.277 e. The van der Waals surface area contributed by atoms with Crippen molar-refractivity contribution in [3.05, 3.63) is 53.7 Å². The lowest BCUT2D eigenvalue weighted by Gasteiger charge is -2.16. The number of nitrogens with one attached hydrogen (secondary N) is 4. The van der Waals surface area contributed by atoms with Crippen LogP contribution >= 0.6 is 0 Å². The maximum atomic E-state index is 12.0. The van der Waals surface area contributed by atoms with Gasteiger partial charge in [0.1, 0.15) is 5.82 Å². The van der Waals surface area contributed by atoms with E-state index in [1.54, 1.807) is 39.5 Å². The highest BCUT2D eigenvalue weighted by atomic mass is 32.2. The van der Waals surface area contributed by atoms with Crippen LogP contribution in [0.5, 0.6) is 17.2 Å². The van der Waals surface area contributed by atoms with Crippen LogP contribution < -0.4 is 34.3 Å². The first-order chi connectivity index (χ1) is 16.8. The average Bonchev–Trinajstić information content (AvgIpc) is 2.84. The molecule has 0 aliphatic heterocycles. The normalized spacial score (nSPS) is 11.1. The molecule has 1 aromatic heterocycles. The molecule has 0 aliphatic rings. The van der Waals surface area contributed by atoms with Crippen molar-refractivity contribution in [2.75, 3.05) is 38.5 Å². The number of hydrogen-bond donors (Lipinski definition) is 4. The Balaban J connectivity index is 1.84. The summed E-state index contributed by atoms with van der Waals surface area (Å²) in [5, 5.41) is 6.44. The number of ether oxygens (including phenoxy) is 3. The Morgan fingerprint density at radius 1 is 0.943 bits per heavy atom. The molecule has 0 unspecified atom stereocenters. The predicted octanol–water partition coefficient (Wildman–Crippen LogP) is 3.24. The fraction of sp³-hybridized carbons (Fsp3) is 0.304. The SMILES string of the molecule is CCNS(=O)(=O)NCc1ccccc1Nc1nc(Nc2cc(OC)c(OC)c(OC)c2)ncc1C. The quantitative estimate of drug-likeness (QED) is 0.294. The molecule has 3 rings (SSSR count). The summed E-state index contributed by atoms with van der Waals surface area (Å²) in [5.41, 5.74) is 2.93. The summed E-state index contributed by atoms with van der Waals surface area (Å²) >= 11 is 0. The molecule has 0 aliphatic carbocycles. The maximum absolute atomic E-state index is 12.0. The van der Waals surface area contributed by atoms with Gasteiger partial charge < -0.3 is 24.8 Å². The number of methoxy groups -OCH3 is 3. The number of benzene rings is 2. The van der Waals surface area contributed by atoms with E-state index in [2.05, 4.69) is 30.0 Å². The van der Waals surface area contributed by atoms with Gasteiger partial charge in [-0.15, -0.1) is 0 Å². The van der Waals surface area contributed by atoms with Gasteiger partial charge in [0.2, 0.25) is 11.7 Å². The molecule has 0 saturated carbocycles. The molecule has 12 heteroatoms. The minimum absolute atomic E-state index is 0.110. The third-order valence-electron chi connectivity index (χ3n) is 4.95. The molecule has 188 valence electrons. The molecule has 0 amide bonds. The molecule has 3 aromatic rings. The van der Waals surface area contributed by atoms with Crippen LogP contribution in [-0.2, 0) is 16.8 Å². The van der Waals surface area contributed by atoms with Gasteiger partial charge in [-0.2, -0.15) is 18.1 Å². The van der Waals surface area contributed by atoms with Gasteiger partial charge in [-0.3, -0.25) is 0 Å². The van der Waals surface area contributed by atoms with E-state index in [0.717, 1.165) is 11.1 Å². The summed E-state index contributed by atoms with van der Waals surface area (Å²) in [6.07, 6.45) is 1.69. The molecule has 0 atom stereocenters. The van der Waals surface area contributed by atoms with Gasteiger partial charge in [0, 0.05) is 48.4 Å². The van der Waals surface area contributed by atoms with Crippen molar-refractivity contribution in [1.82, 2.24) is 19.4 Å². The van der Waals surface area contributed by atoms with Crippen LogP contribution in [0.4, 0.5) is 23.1 Å². The lowest BCUT2D eigenvalue weighted by molar-refractivity contribution is 0.324. The zero-order valence-electron chi connectivity index (χ0n) is 20.3. The van der Waals surface area contributed by atoms with Crippen molar-refractivity contribution in [2.45, 2.75) is 20.4 Å². The number of aryl methyl sites for hydroxylation is 1. The summed E-state index contributed by atoms with van der Waals surface area (Å²) in [7, 11) is 1.05. The molecule has 0 radical (unpaired) electrons. The number of anilines is 4. The molecule has 35 heavy (non-hydrogen) atoms. The van der Waals surface area contributed by atoms with Gasteiger partial charge >= 0.3 is 0 Å². The first-order valence-corrected chi connectivity index (χ1v) is 12.3. The second-order valence-corrected chi connectivity index (χ2v) is 8.95. The second kappa shape index (κ2) is 11.7. The minimum atomic E-state index is -3.58. The first kappa shape index (κ1) is 26.0. The van der Waals surface area contributed by atoms with Crippen LogP contribution in [0, 0.1) is 6.92 Å². The standard InChI is InChI=1S/C23H30N6O5S/c1-6-25-35(30,31)26-14-16-9-7-8-10-18(16)28-22-15(2)13-24-23(29-22)27-17-11-19(32-3)21(34-5)20(12-17)33-4/h7-13,25-26H,6,14H2,1-5H3,(H2,24,27,28,29). The molecule has 0 saturated heterocycles. The molecular formula is C23H30N6O5S. The Kier molecular flexibility index (Phi) is 8.68. The van der Waals surface area contributed by atoms with E-state index >= 15 is 0 Å². The highest BCUT2D eigenvalue weighted by Gasteiger charge is 2.15. The zero-order valence-corrected chi connectivity index (χ0v) is 21.1. The Hall–Kier alpha value is -3.61. The van der Waals surface area contributed by atoms with Gasteiger partial charge in [-0.25, -0.2) is 9.71 Å². The van der Waals surface area contributed by atoms with Crippen molar-refractivity contribution in [3.63, 3.8) is 0 Å². The summed E-state index contributed by atoms with van der Waals surface area (Å²) in [5.74, 6) is 2.38. The molecule has 11 nitrogen and oxygen atoms in total. The van der Waals surface area contributed by atoms with E-state index in [-0.39, 0.29) is 6.54 Å². The number of rotatable bonds is 12. The van der Waals surface area contributed by atoms with Crippen LogP contribution in [-0.4, -0.2) is 46.3 Å². The van der Waals surface area contributed by atoms with Gasteiger partial charge in [0.25, 0.3) is 10.2 Å². The molecule has 1 heterocycles. The molecule has 0 fully saturated rings. The molecule has 4 N–H and O–H groups in total. The summed E-state index contributed by atoms with van der Waals surface area (Å²) in [6, 6.07) is 10.9. The van der Waals surface area contributed by atoms with Crippen molar-refractivity contribution < 1.29 is 22.6 Å². The minimum Gasteiger partial charge on any atom is -0.493 e. The van der Waals surface area contributed by atoms with E-state index in [4.69, 9.17) is 14.2 Å². The van der Waals surface area contributed by atoms with Crippen LogP contribution in [0.2, 0.25) is 0 Å². The van der Waals surface area contributed by atoms with E-state index in [0.29, 0.717) is 46.9 Å².